The number of hydrogen-bond donors (Lipinski definition) is 3. The fourth-order valence-electron chi connectivity index (χ4n) is 3.24. The van der Waals surface area contributed by atoms with Crippen LogP contribution >= 0.6 is 0 Å². The van der Waals surface area contributed by atoms with Crippen LogP contribution in [0, 0.1) is 5.41 Å². The molecule has 1 aliphatic rings. The maximum atomic E-state index is 12.2. The Bertz CT molecular complexity index is 992. The molecule has 2 aromatic heterocycles. The smallest absolute Gasteiger partial charge is 0.323 e. The highest BCUT2D eigenvalue weighted by Crippen LogP contribution is 2.30. The molecule has 7 nitrogen and oxygen atoms in total. The first-order valence-corrected chi connectivity index (χ1v) is 8.15. The van der Waals surface area contributed by atoms with Gasteiger partial charge in [-0.15, -0.1) is 0 Å². The maximum absolute atomic E-state index is 12.2. The van der Waals surface area contributed by atoms with E-state index in [0.29, 0.717) is 11.2 Å². The number of rotatable bonds is 2. The molecule has 0 spiro atoms. The van der Waals surface area contributed by atoms with Gasteiger partial charge in [-0.2, -0.15) is 0 Å². The first-order chi connectivity index (χ1) is 11.9. The van der Waals surface area contributed by atoms with Gasteiger partial charge in [0.1, 0.15) is 0 Å². The van der Waals surface area contributed by atoms with Gasteiger partial charge in [0.15, 0.2) is 5.65 Å². The van der Waals surface area contributed by atoms with Gasteiger partial charge < -0.3 is 15.2 Å². The van der Waals surface area contributed by atoms with Crippen LogP contribution in [0.1, 0.15) is 13.8 Å². The van der Waals surface area contributed by atoms with E-state index in [2.05, 4.69) is 34.1 Å². The number of pyridine rings is 1. The minimum absolute atomic E-state index is 0.0756. The molecule has 1 saturated heterocycles. The number of nitrogens with one attached hydrogen (secondary N) is 3. The molecule has 0 unspecified atom stereocenters. The zero-order valence-electron chi connectivity index (χ0n) is 14.1. The van der Waals surface area contributed by atoms with E-state index >= 15 is 0 Å². The molecule has 128 valence electrons. The normalized spacial score (nSPS) is 15.8. The molecular formula is C18H19N5O2. The molecule has 0 bridgehead atoms. The third-order valence-electron chi connectivity index (χ3n) is 4.39. The number of likely N-dealkylation sites (tertiary alicyclic amines) is 1. The average Bonchev–Trinajstić information content (AvgIpc) is 2.93. The lowest BCUT2D eigenvalue weighted by Crippen LogP contribution is -2.56. The molecular weight excluding hydrogens is 318 g/mol. The second-order valence-corrected chi connectivity index (χ2v) is 7.19. The molecule has 25 heavy (non-hydrogen) atoms. The monoisotopic (exact) mass is 337 g/mol. The highest BCUT2D eigenvalue weighted by molar-refractivity contribution is 5.92. The summed E-state index contributed by atoms with van der Waals surface area (Å²) >= 11 is 0. The molecule has 1 fully saturated rings. The fourth-order valence-corrected chi connectivity index (χ4v) is 3.24. The number of anilines is 1. The van der Waals surface area contributed by atoms with Crippen molar-refractivity contribution in [1.82, 2.24) is 19.9 Å². The number of carbonyl (C=O) groups is 1. The molecule has 7 heteroatoms. The topological polar surface area (TPSA) is 93.9 Å². The molecule has 3 aromatic rings. The third kappa shape index (κ3) is 2.88. The van der Waals surface area contributed by atoms with Crippen molar-refractivity contribution in [2.45, 2.75) is 13.8 Å². The van der Waals surface area contributed by atoms with Crippen LogP contribution in [0.15, 0.2) is 41.3 Å². The Hall–Kier alpha value is -3.09. The number of urea groups is 1. The van der Waals surface area contributed by atoms with Gasteiger partial charge in [0.2, 0.25) is 0 Å². The Balaban J connectivity index is 1.54. The Kier molecular flexibility index (Phi) is 3.38. The molecule has 0 radical (unpaired) electrons. The summed E-state index contributed by atoms with van der Waals surface area (Å²) in [6, 6.07) is 9.31. The lowest BCUT2D eigenvalue weighted by atomic mass is 9.85. The van der Waals surface area contributed by atoms with Crippen LogP contribution < -0.4 is 11.0 Å². The lowest BCUT2D eigenvalue weighted by Gasteiger charge is -2.45. The number of nitrogens with zero attached hydrogens (tertiary/aromatic N) is 2. The zero-order valence-corrected chi connectivity index (χ0v) is 14.1. The molecule has 0 aliphatic carbocycles. The highest BCUT2D eigenvalue weighted by Gasteiger charge is 2.37. The van der Waals surface area contributed by atoms with Gasteiger partial charge >= 0.3 is 11.7 Å². The highest BCUT2D eigenvalue weighted by atomic mass is 16.2. The maximum Gasteiger partial charge on any atom is 0.325 e. The van der Waals surface area contributed by atoms with Gasteiger partial charge in [0.25, 0.3) is 0 Å². The van der Waals surface area contributed by atoms with E-state index in [0.717, 1.165) is 29.9 Å². The van der Waals surface area contributed by atoms with Gasteiger partial charge in [-0.1, -0.05) is 26.0 Å². The van der Waals surface area contributed by atoms with E-state index in [9.17, 15) is 9.59 Å². The predicted molar refractivity (Wildman–Crippen MR) is 96.5 cm³/mol. The van der Waals surface area contributed by atoms with Crippen LogP contribution in [0.3, 0.4) is 0 Å². The summed E-state index contributed by atoms with van der Waals surface area (Å²) in [6.45, 7) is 5.83. The van der Waals surface area contributed by atoms with E-state index < -0.39 is 0 Å². The van der Waals surface area contributed by atoms with Crippen LogP contribution in [0.2, 0.25) is 0 Å². The molecule has 1 aromatic carbocycles. The number of benzene rings is 1. The van der Waals surface area contributed by atoms with E-state index in [1.807, 2.05) is 30.3 Å². The first-order valence-electron chi connectivity index (χ1n) is 8.15. The minimum atomic E-state index is -0.281. The number of imidazole rings is 1. The minimum Gasteiger partial charge on any atom is -0.323 e. The van der Waals surface area contributed by atoms with Crippen molar-refractivity contribution in [3.05, 3.63) is 47.0 Å². The van der Waals surface area contributed by atoms with Crippen LogP contribution in [0.25, 0.3) is 22.3 Å². The molecule has 1 aliphatic heterocycles. The number of fused-ring (bicyclic) bond motifs is 1. The Morgan fingerprint density at radius 1 is 1.16 bits per heavy atom. The Morgan fingerprint density at radius 2 is 1.88 bits per heavy atom. The van der Waals surface area contributed by atoms with Gasteiger partial charge in [0.05, 0.1) is 5.52 Å². The van der Waals surface area contributed by atoms with Crippen molar-refractivity contribution in [1.29, 1.82) is 0 Å². The van der Waals surface area contributed by atoms with Gasteiger partial charge in [-0.05, 0) is 23.8 Å². The quantitative estimate of drug-likeness (QED) is 0.671. The zero-order chi connectivity index (χ0) is 17.6. The van der Waals surface area contributed by atoms with Crippen molar-refractivity contribution in [2.24, 2.45) is 5.41 Å². The summed E-state index contributed by atoms with van der Waals surface area (Å²) in [4.78, 5) is 35.0. The summed E-state index contributed by atoms with van der Waals surface area (Å²) in [6.07, 6.45) is 1.66. The number of H-pyrrole nitrogens is 2. The Labute approximate surface area is 144 Å². The molecule has 0 saturated carbocycles. The Morgan fingerprint density at radius 3 is 2.56 bits per heavy atom. The largest absolute Gasteiger partial charge is 0.325 e. The van der Waals surface area contributed by atoms with Crippen LogP contribution in [-0.2, 0) is 0 Å². The molecule has 2 amide bonds. The fraction of sp³-hybridized carbons (Fsp3) is 0.278. The van der Waals surface area contributed by atoms with Crippen LogP contribution in [0.4, 0.5) is 10.5 Å². The number of aromatic amines is 2. The standard InChI is InChI=1S/C18H19N5O2/c1-18(2)9-23(10-18)17(25)20-12-5-3-11(4-6-12)13-7-8-19-15-14(13)21-16(24)22-15/h3-8H,9-10H2,1-2H3,(H,20,25)(H2,19,21,22,24). The first kappa shape index (κ1) is 15.4. The van der Waals surface area contributed by atoms with Crippen LogP contribution in [0.5, 0.6) is 0 Å². The number of aromatic nitrogens is 3. The molecule has 3 N–H and O–H groups in total. The van der Waals surface area contributed by atoms with E-state index in [-0.39, 0.29) is 17.1 Å². The summed E-state index contributed by atoms with van der Waals surface area (Å²) in [5.74, 6) is 0. The lowest BCUT2D eigenvalue weighted by molar-refractivity contribution is 0.0688. The number of amides is 2. The van der Waals surface area contributed by atoms with Gasteiger partial charge in [-0.3, -0.25) is 4.98 Å². The second-order valence-electron chi connectivity index (χ2n) is 7.19. The van der Waals surface area contributed by atoms with Crippen molar-refractivity contribution >= 4 is 22.9 Å². The van der Waals surface area contributed by atoms with Crippen molar-refractivity contribution in [2.75, 3.05) is 18.4 Å². The van der Waals surface area contributed by atoms with Crippen LogP contribution in [-0.4, -0.2) is 39.0 Å². The molecule has 0 atom stereocenters. The van der Waals surface area contributed by atoms with Gasteiger partial charge in [0, 0.05) is 36.0 Å². The molecule has 4 rings (SSSR count). The predicted octanol–water partition coefficient (Wildman–Crippen LogP) is 2.79. The van der Waals surface area contributed by atoms with Crippen molar-refractivity contribution in [3.8, 4) is 11.1 Å². The van der Waals surface area contributed by atoms with E-state index in [1.165, 1.54) is 0 Å². The summed E-state index contributed by atoms with van der Waals surface area (Å²) in [5, 5.41) is 2.91. The van der Waals surface area contributed by atoms with Gasteiger partial charge in [-0.25, -0.2) is 14.6 Å². The average molecular weight is 337 g/mol. The summed E-state index contributed by atoms with van der Waals surface area (Å²) < 4.78 is 0. The summed E-state index contributed by atoms with van der Waals surface area (Å²) in [5.41, 5.74) is 3.69. The van der Waals surface area contributed by atoms with E-state index in [4.69, 9.17) is 0 Å². The number of hydrogen-bond acceptors (Lipinski definition) is 3. The second kappa shape index (κ2) is 5.47. The third-order valence-corrected chi connectivity index (χ3v) is 4.39. The number of carbonyl (C=O) groups excluding carboxylic acids is 1. The molecule has 3 heterocycles. The van der Waals surface area contributed by atoms with E-state index in [1.54, 1.807) is 11.1 Å². The summed E-state index contributed by atoms with van der Waals surface area (Å²) in [7, 11) is 0. The van der Waals surface area contributed by atoms with Crippen molar-refractivity contribution in [3.63, 3.8) is 0 Å². The SMILES string of the molecule is CC1(C)CN(C(=O)Nc2ccc(-c3ccnc4[nH]c(=O)[nH]c34)cc2)C1. The van der Waals surface area contributed by atoms with Crippen molar-refractivity contribution < 1.29 is 4.79 Å².